The molecule has 0 radical (unpaired) electrons. The van der Waals surface area contributed by atoms with Gasteiger partial charge < -0.3 is 15.3 Å². The van der Waals surface area contributed by atoms with Crippen molar-refractivity contribution in [2.75, 3.05) is 20.1 Å². The highest BCUT2D eigenvalue weighted by atomic mass is 16.3. The van der Waals surface area contributed by atoms with Gasteiger partial charge in [-0.05, 0) is 12.8 Å². The Kier molecular flexibility index (Phi) is 6.32. The molecule has 1 saturated heterocycles. The molecule has 1 aliphatic heterocycles. The summed E-state index contributed by atoms with van der Waals surface area (Å²) in [6, 6.07) is -0.0445. The zero-order chi connectivity index (χ0) is 10.3. The predicted molar refractivity (Wildman–Crippen MR) is 52.6 cm³/mol. The standard InChI is InChI=1S/C7H14N2O2.C2H6/c1-8-7(11)9-4-2-6(10)3-5-9;1-2/h6,10H,2-5H2,1H3,(H,8,11);1-2H3. The van der Waals surface area contributed by atoms with Crippen LogP contribution in [0.4, 0.5) is 4.79 Å². The average molecular weight is 188 g/mol. The van der Waals surface area contributed by atoms with Gasteiger partial charge in [0.05, 0.1) is 6.10 Å². The van der Waals surface area contributed by atoms with E-state index in [2.05, 4.69) is 5.32 Å². The van der Waals surface area contributed by atoms with E-state index in [0.29, 0.717) is 25.9 Å². The lowest BCUT2D eigenvalue weighted by Crippen LogP contribution is -2.44. The second kappa shape index (κ2) is 6.71. The number of aliphatic hydroxyl groups excluding tert-OH is 1. The lowest BCUT2D eigenvalue weighted by Gasteiger charge is -2.28. The molecule has 13 heavy (non-hydrogen) atoms. The van der Waals surface area contributed by atoms with Gasteiger partial charge in [0, 0.05) is 20.1 Å². The smallest absolute Gasteiger partial charge is 0.317 e. The first-order chi connectivity index (χ1) is 6.24. The van der Waals surface area contributed by atoms with E-state index >= 15 is 0 Å². The van der Waals surface area contributed by atoms with E-state index in [0.717, 1.165) is 0 Å². The SMILES string of the molecule is CC.CNC(=O)N1CCC(O)CC1. The van der Waals surface area contributed by atoms with Gasteiger partial charge in [-0.25, -0.2) is 4.79 Å². The van der Waals surface area contributed by atoms with Crippen molar-refractivity contribution in [3.8, 4) is 0 Å². The van der Waals surface area contributed by atoms with E-state index in [4.69, 9.17) is 5.11 Å². The molecule has 0 aromatic rings. The summed E-state index contributed by atoms with van der Waals surface area (Å²) in [7, 11) is 1.62. The van der Waals surface area contributed by atoms with Gasteiger partial charge in [0.1, 0.15) is 0 Å². The number of piperidine rings is 1. The van der Waals surface area contributed by atoms with Crippen molar-refractivity contribution in [3.63, 3.8) is 0 Å². The van der Waals surface area contributed by atoms with Crippen LogP contribution in [0, 0.1) is 0 Å². The van der Waals surface area contributed by atoms with Gasteiger partial charge >= 0.3 is 6.03 Å². The number of likely N-dealkylation sites (tertiary alicyclic amines) is 1. The highest BCUT2D eigenvalue weighted by Gasteiger charge is 2.19. The zero-order valence-corrected chi connectivity index (χ0v) is 8.71. The van der Waals surface area contributed by atoms with Gasteiger partial charge in [0.2, 0.25) is 0 Å². The third-order valence-electron chi connectivity index (χ3n) is 1.97. The van der Waals surface area contributed by atoms with E-state index < -0.39 is 0 Å². The molecule has 0 atom stereocenters. The first-order valence-electron chi connectivity index (χ1n) is 4.88. The molecule has 1 aliphatic rings. The molecule has 1 fully saturated rings. The molecule has 0 spiro atoms. The van der Waals surface area contributed by atoms with Crippen molar-refractivity contribution in [1.29, 1.82) is 0 Å². The molecule has 0 unspecified atom stereocenters. The molecule has 4 nitrogen and oxygen atoms in total. The molecule has 0 bridgehead atoms. The van der Waals surface area contributed by atoms with Gasteiger partial charge in [-0.15, -0.1) is 0 Å². The monoisotopic (exact) mass is 188 g/mol. The van der Waals surface area contributed by atoms with Crippen LogP contribution in [0.25, 0.3) is 0 Å². The maximum absolute atomic E-state index is 11.0. The Hall–Kier alpha value is -0.770. The topological polar surface area (TPSA) is 52.6 Å². The minimum absolute atomic E-state index is 0.0445. The van der Waals surface area contributed by atoms with Crippen LogP contribution in [0.15, 0.2) is 0 Å². The van der Waals surface area contributed by atoms with Crippen LogP contribution in [-0.2, 0) is 0 Å². The number of hydrogen-bond donors (Lipinski definition) is 2. The second-order valence-electron chi connectivity index (χ2n) is 2.77. The first-order valence-corrected chi connectivity index (χ1v) is 4.88. The van der Waals surface area contributed by atoms with Crippen LogP contribution in [0.2, 0.25) is 0 Å². The summed E-state index contributed by atoms with van der Waals surface area (Å²) in [5.41, 5.74) is 0. The Morgan fingerprint density at radius 2 is 1.85 bits per heavy atom. The molecule has 0 aromatic carbocycles. The molecule has 2 N–H and O–H groups in total. The maximum atomic E-state index is 11.0. The Labute approximate surface area is 79.9 Å². The molecule has 4 heteroatoms. The largest absolute Gasteiger partial charge is 0.393 e. The fourth-order valence-electron chi connectivity index (χ4n) is 1.23. The Balaban J connectivity index is 0.000000671. The molecular weight excluding hydrogens is 168 g/mol. The number of nitrogens with zero attached hydrogens (tertiary/aromatic N) is 1. The van der Waals surface area contributed by atoms with E-state index in [9.17, 15) is 4.79 Å². The number of amides is 2. The third-order valence-corrected chi connectivity index (χ3v) is 1.97. The van der Waals surface area contributed by atoms with Crippen molar-refractivity contribution in [3.05, 3.63) is 0 Å². The molecular formula is C9H20N2O2. The van der Waals surface area contributed by atoms with Crippen molar-refractivity contribution >= 4 is 6.03 Å². The van der Waals surface area contributed by atoms with Crippen molar-refractivity contribution in [2.24, 2.45) is 0 Å². The van der Waals surface area contributed by atoms with Crippen LogP contribution in [-0.4, -0.2) is 42.3 Å². The highest BCUT2D eigenvalue weighted by molar-refractivity contribution is 5.73. The fraction of sp³-hybridized carbons (Fsp3) is 0.889. The second-order valence-corrected chi connectivity index (χ2v) is 2.77. The number of aliphatic hydroxyl groups is 1. The van der Waals surface area contributed by atoms with E-state index in [-0.39, 0.29) is 12.1 Å². The van der Waals surface area contributed by atoms with E-state index in [1.807, 2.05) is 13.8 Å². The number of carbonyl (C=O) groups excluding carboxylic acids is 1. The Bertz CT molecular complexity index is 143. The summed E-state index contributed by atoms with van der Waals surface area (Å²) in [5.74, 6) is 0. The molecule has 0 aliphatic carbocycles. The van der Waals surface area contributed by atoms with Crippen LogP contribution < -0.4 is 5.32 Å². The quantitative estimate of drug-likeness (QED) is 0.591. The molecule has 78 valence electrons. The normalized spacial score (nSPS) is 17.4. The first kappa shape index (κ1) is 12.2. The minimum Gasteiger partial charge on any atom is -0.393 e. The zero-order valence-electron chi connectivity index (χ0n) is 8.71. The van der Waals surface area contributed by atoms with Crippen LogP contribution in [0.5, 0.6) is 0 Å². The summed E-state index contributed by atoms with van der Waals surface area (Å²) >= 11 is 0. The number of nitrogens with one attached hydrogen (secondary N) is 1. The van der Waals surface area contributed by atoms with Crippen molar-refractivity contribution < 1.29 is 9.90 Å². The number of rotatable bonds is 0. The number of urea groups is 1. The van der Waals surface area contributed by atoms with E-state index in [1.54, 1.807) is 11.9 Å². The van der Waals surface area contributed by atoms with Gasteiger partial charge in [0.15, 0.2) is 0 Å². The maximum Gasteiger partial charge on any atom is 0.317 e. The van der Waals surface area contributed by atoms with Crippen LogP contribution >= 0.6 is 0 Å². The van der Waals surface area contributed by atoms with E-state index in [1.165, 1.54) is 0 Å². The number of carbonyl (C=O) groups is 1. The van der Waals surface area contributed by atoms with Gasteiger partial charge in [0.25, 0.3) is 0 Å². The highest BCUT2D eigenvalue weighted by Crippen LogP contribution is 2.09. The molecule has 0 aromatic heterocycles. The van der Waals surface area contributed by atoms with Crippen molar-refractivity contribution in [2.45, 2.75) is 32.8 Å². The summed E-state index contributed by atoms with van der Waals surface area (Å²) < 4.78 is 0. The predicted octanol–water partition coefficient (Wildman–Crippen LogP) is 0.809. The van der Waals surface area contributed by atoms with Gasteiger partial charge in [-0.2, -0.15) is 0 Å². The lowest BCUT2D eigenvalue weighted by atomic mass is 10.1. The molecule has 2 amide bonds. The van der Waals surface area contributed by atoms with Crippen molar-refractivity contribution in [1.82, 2.24) is 10.2 Å². The summed E-state index contributed by atoms with van der Waals surface area (Å²) in [6.07, 6.45) is 1.19. The minimum atomic E-state index is -0.212. The van der Waals surface area contributed by atoms with Crippen LogP contribution in [0.1, 0.15) is 26.7 Å². The number of hydrogen-bond acceptors (Lipinski definition) is 2. The third kappa shape index (κ3) is 4.12. The molecule has 0 saturated carbocycles. The molecule has 1 rings (SSSR count). The summed E-state index contributed by atoms with van der Waals surface area (Å²) in [4.78, 5) is 12.7. The average Bonchev–Trinajstić information content (AvgIpc) is 2.21. The Morgan fingerprint density at radius 3 is 2.23 bits per heavy atom. The van der Waals surface area contributed by atoms with Gasteiger partial charge in [-0.1, -0.05) is 13.8 Å². The van der Waals surface area contributed by atoms with Crippen LogP contribution in [0.3, 0.4) is 0 Å². The molecule has 1 heterocycles. The summed E-state index contributed by atoms with van der Waals surface area (Å²) in [6.45, 7) is 5.34. The Morgan fingerprint density at radius 1 is 1.38 bits per heavy atom. The fourth-order valence-corrected chi connectivity index (χ4v) is 1.23. The van der Waals surface area contributed by atoms with Gasteiger partial charge in [-0.3, -0.25) is 0 Å². The lowest BCUT2D eigenvalue weighted by molar-refractivity contribution is 0.0942. The summed E-state index contributed by atoms with van der Waals surface area (Å²) in [5, 5.41) is 11.7.